The second-order valence-corrected chi connectivity index (χ2v) is 17.2. The number of hydrogen-bond acceptors (Lipinski definition) is 1. The number of benzene rings is 8. The summed E-state index contributed by atoms with van der Waals surface area (Å²) >= 11 is 7.67. The molecule has 8 aromatic rings. The molecule has 0 saturated heterocycles. The molecule has 0 unspecified atom stereocenters. The van der Waals surface area contributed by atoms with Gasteiger partial charge in [-0.3, -0.25) is 4.79 Å². The van der Waals surface area contributed by atoms with Gasteiger partial charge in [-0.1, -0.05) is 159 Å². The topological polar surface area (TPSA) is 17.1 Å². The molecule has 3 heteroatoms. The van der Waals surface area contributed by atoms with Crippen molar-refractivity contribution < 1.29 is 4.79 Å². The van der Waals surface area contributed by atoms with Gasteiger partial charge in [0, 0.05) is 20.1 Å². The Balaban J connectivity index is 1.09. The molecule has 0 atom stereocenters. The van der Waals surface area contributed by atoms with Crippen LogP contribution in [0.5, 0.6) is 0 Å². The van der Waals surface area contributed by atoms with Crippen molar-refractivity contribution in [2.45, 2.75) is 17.8 Å². The summed E-state index contributed by atoms with van der Waals surface area (Å²) in [5.74, 6) is 0.0287. The minimum Gasteiger partial charge on any atom is -0.289 e. The van der Waals surface area contributed by atoms with Crippen LogP contribution >= 0.6 is 31.9 Å². The highest BCUT2D eigenvalue weighted by atomic mass is 79.9. The molecule has 0 N–H and O–H groups in total. The molecular weight excluding hydrogens is 800 g/mol. The highest BCUT2D eigenvalue weighted by Crippen LogP contribution is 2.65. The zero-order chi connectivity index (χ0) is 36.8. The summed E-state index contributed by atoms with van der Waals surface area (Å²) in [6, 6.07) is 59.3. The normalized spacial score (nSPS) is 14.8. The van der Waals surface area contributed by atoms with Gasteiger partial charge in [0.15, 0.2) is 5.78 Å². The maximum Gasteiger partial charge on any atom is 0.193 e. The number of fused-ring (bicyclic) bond motifs is 20. The summed E-state index contributed by atoms with van der Waals surface area (Å²) < 4.78 is 2.08. The summed E-state index contributed by atoms with van der Waals surface area (Å²) in [5.41, 5.74) is 21.2. The van der Waals surface area contributed by atoms with Crippen molar-refractivity contribution >= 4 is 37.6 Å². The monoisotopic (exact) mass is 828 g/mol. The van der Waals surface area contributed by atoms with Gasteiger partial charge in [0.1, 0.15) is 0 Å². The molecule has 4 aliphatic carbocycles. The quantitative estimate of drug-likeness (QED) is 0.159. The Morgan fingerprint density at radius 2 is 0.764 bits per heavy atom. The molecule has 2 spiro atoms. The fourth-order valence-corrected chi connectivity index (χ4v) is 11.7. The van der Waals surface area contributed by atoms with Crippen LogP contribution in [0.3, 0.4) is 0 Å². The Kier molecular flexibility index (Phi) is 6.34. The fraction of sp³-hybridized carbons (Fsp3) is 0.0577. The van der Waals surface area contributed by atoms with Crippen LogP contribution in [0.1, 0.15) is 66.0 Å². The second-order valence-electron chi connectivity index (χ2n) is 15.4. The van der Waals surface area contributed by atoms with E-state index < -0.39 is 10.8 Å². The molecular formula is C52H30Br2O. The van der Waals surface area contributed by atoms with Crippen molar-refractivity contribution in [3.63, 3.8) is 0 Å². The predicted molar refractivity (Wildman–Crippen MR) is 229 cm³/mol. The van der Waals surface area contributed by atoms with Crippen molar-refractivity contribution in [1.29, 1.82) is 0 Å². The first-order valence-electron chi connectivity index (χ1n) is 18.8. The molecule has 4 aliphatic rings. The van der Waals surface area contributed by atoms with Crippen LogP contribution in [0.2, 0.25) is 0 Å². The van der Waals surface area contributed by atoms with E-state index in [1.54, 1.807) is 0 Å². The highest BCUT2D eigenvalue weighted by molar-refractivity contribution is 9.10. The van der Waals surface area contributed by atoms with E-state index in [2.05, 4.69) is 190 Å². The third-order valence-electron chi connectivity index (χ3n) is 13.0. The van der Waals surface area contributed by atoms with Gasteiger partial charge in [0.2, 0.25) is 0 Å². The van der Waals surface area contributed by atoms with Crippen LogP contribution in [0, 0.1) is 6.92 Å². The molecule has 12 rings (SSSR count). The van der Waals surface area contributed by atoms with E-state index in [0.29, 0.717) is 11.1 Å². The number of aryl methyl sites for hydroxylation is 1. The first-order chi connectivity index (χ1) is 26.9. The Hall–Kier alpha value is -5.61. The third-order valence-corrected chi connectivity index (χ3v) is 13.9. The van der Waals surface area contributed by atoms with E-state index in [0.717, 1.165) is 14.5 Å². The van der Waals surface area contributed by atoms with Gasteiger partial charge in [-0.2, -0.15) is 0 Å². The summed E-state index contributed by atoms with van der Waals surface area (Å²) in [5, 5.41) is 0. The predicted octanol–water partition coefficient (Wildman–Crippen LogP) is 13.4. The van der Waals surface area contributed by atoms with Crippen LogP contribution in [0.15, 0.2) is 173 Å². The average Bonchev–Trinajstić information content (AvgIpc) is 3.89. The minimum absolute atomic E-state index is 0.0287. The lowest BCUT2D eigenvalue weighted by atomic mass is 9.70. The fourth-order valence-electron chi connectivity index (χ4n) is 10.9. The lowest BCUT2D eigenvalue weighted by Crippen LogP contribution is -2.26. The number of carbonyl (C=O) groups excluding carboxylic acids is 1. The van der Waals surface area contributed by atoms with Crippen LogP contribution in [0.4, 0.5) is 0 Å². The van der Waals surface area contributed by atoms with E-state index in [1.165, 1.54) is 89.0 Å². The smallest absolute Gasteiger partial charge is 0.193 e. The Bertz CT molecular complexity index is 2940. The summed E-state index contributed by atoms with van der Waals surface area (Å²) in [4.78, 5) is 15.1. The summed E-state index contributed by atoms with van der Waals surface area (Å²) in [6.45, 7) is 2.21. The second kappa shape index (κ2) is 11.0. The van der Waals surface area contributed by atoms with Gasteiger partial charge < -0.3 is 0 Å². The molecule has 258 valence electrons. The lowest BCUT2D eigenvalue weighted by molar-refractivity contribution is 0.103. The molecule has 0 fully saturated rings. The van der Waals surface area contributed by atoms with Gasteiger partial charge in [0.05, 0.1) is 10.8 Å². The number of carbonyl (C=O) groups is 1. The Labute approximate surface area is 336 Å². The summed E-state index contributed by atoms with van der Waals surface area (Å²) in [7, 11) is 0. The van der Waals surface area contributed by atoms with Gasteiger partial charge >= 0.3 is 0 Å². The van der Waals surface area contributed by atoms with Crippen molar-refractivity contribution in [2.24, 2.45) is 0 Å². The zero-order valence-corrected chi connectivity index (χ0v) is 32.9. The molecule has 0 amide bonds. The minimum atomic E-state index is -0.577. The van der Waals surface area contributed by atoms with Gasteiger partial charge in [0.25, 0.3) is 0 Å². The zero-order valence-electron chi connectivity index (χ0n) is 29.8. The van der Waals surface area contributed by atoms with Crippen LogP contribution in [0.25, 0.3) is 44.5 Å². The third kappa shape index (κ3) is 3.81. The van der Waals surface area contributed by atoms with Crippen LogP contribution in [-0.4, -0.2) is 5.78 Å². The van der Waals surface area contributed by atoms with Crippen LogP contribution in [-0.2, 0) is 10.8 Å². The van der Waals surface area contributed by atoms with E-state index in [-0.39, 0.29) is 5.78 Å². The largest absolute Gasteiger partial charge is 0.289 e. The van der Waals surface area contributed by atoms with Crippen molar-refractivity contribution in [2.75, 3.05) is 0 Å². The number of rotatable bonds is 2. The standard InChI is InChI=1S/C52H30Br2O/c1-29-9-8-16-44-49(29)40-22-18-31(26-46(40)52(44)47-27-32(53)19-23-38(47)39-24-20-33(54)28-48(39)52)50(55)30-17-21-37-36-12-4-7-15-43(36)51(45(37)25-30)41-13-5-2-10-34(41)35-11-3-6-14-42(35)51/h2-28H,1H3. The maximum atomic E-state index is 15.1. The van der Waals surface area contributed by atoms with E-state index in [1.807, 2.05) is 12.1 Å². The molecule has 8 aromatic carbocycles. The van der Waals surface area contributed by atoms with E-state index in [9.17, 15) is 0 Å². The van der Waals surface area contributed by atoms with E-state index >= 15 is 4.79 Å². The van der Waals surface area contributed by atoms with Gasteiger partial charge in [-0.25, -0.2) is 0 Å². The first-order valence-corrected chi connectivity index (χ1v) is 20.3. The van der Waals surface area contributed by atoms with Crippen molar-refractivity contribution in [1.82, 2.24) is 0 Å². The molecule has 0 bridgehead atoms. The molecule has 1 nitrogen and oxygen atoms in total. The Morgan fingerprint density at radius 3 is 1.29 bits per heavy atom. The highest BCUT2D eigenvalue weighted by Gasteiger charge is 2.53. The number of halogens is 2. The first kappa shape index (κ1) is 31.7. The van der Waals surface area contributed by atoms with Crippen molar-refractivity contribution in [3.05, 3.63) is 234 Å². The maximum absolute atomic E-state index is 15.1. The molecule has 0 aliphatic heterocycles. The molecule has 0 radical (unpaired) electrons. The molecule has 55 heavy (non-hydrogen) atoms. The Morgan fingerprint density at radius 1 is 0.382 bits per heavy atom. The average molecular weight is 831 g/mol. The molecule has 0 aromatic heterocycles. The SMILES string of the molecule is Cc1cccc2c1-c1ccc(C(=O)c3ccc4c(c3)C3(c5ccccc5-c5ccccc53)c3ccccc3-4)cc1C21c2cc(Br)ccc2-c2ccc(Br)cc21. The molecule has 0 heterocycles. The lowest BCUT2D eigenvalue weighted by Gasteiger charge is -2.31. The van der Waals surface area contributed by atoms with Gasteiger partial charge in [-0.15, -0.1) is 0 Å². The number of ketones is 1. The van der Waals surface area contributed by atoms with Gasteiger partial charge in [-0.05, 0) is 138 Å². The molecule has 0 saturated carbocycles. The van der Waals surface area contributed by atoms with E-state index in [4.69, 9.17) is 0 Å². The number of hydrogen-bond donors (Lipinski definition) is 0. The van der Waals surface area contributed by atoms with Crippen LogP contribution < -0.4 is 0 Å². The van der Waals surface area contributed by atoms with Crippen molar-refractivity contribution in [3.8, 4) is 44.5 Å². The summed E-state index contributed by atoms with van der Waals surface area (Å²) in [6.07, 6.45) is 0.